The van der Waals surface area contributed by atoms with Gasteiger partial charge in [-0.1, -0.05) is 397 Å². The van der Waals surface area contributed by atoms with Gasteiger partial charge >= 0.3 is 19.8 Å². The monoisotopic (exact) mass is 1320 g/mol. The highest BCUT2D eigenvalue weighted by atomic mass is 31.2. The van der Waals surface area contributed by atoms with Crippen LogP contribution >= 0.6 is 7.82 Å². The number of unbranched alkanes of at least 4 members (excludes halogenated alkanes) is 57. The van der Waals surface area contributed by atoms with E-state index in [1.54, 1.807) is 0 Å². The molecule has 0 fully saturated rings. The number of rotatable bonds is 77. The molecule has 0 heterocycles. The van der Waals surface area contributed by atoms with E-state index in [9.17, 15) is 19.0 Å². The summed E-state index contributed by atoms with van der Waals surface area (Å²) in [4.78, 5) is 36.0. The van der Waals surface area contributed by atoms with E-state index in [4.69, 9.17) is 18.5 Å². The van der Waals surface area contributed by atoms with E-state index < -0.39 is 26.5 Å². The van der Waals surface area contributed by atoms with Gasteiger partial charge in [-0.25, -0.2) is 4.57 Å². The Labute approximate surface area is 573 Å². The molecule has 0 aliphatic heterocycles. The van der Waals surface area contributed by atoms with Crippen LogP contribution in [0.3, 0.4) is 0 Å². The lowest BCUT2D eigenvalue weighted by atomic mass is 10.0. The number of hydrogen-bond acceptors (Lipinski definition) is 7. The zero-order chi connectivity index (χ0) is 66.9. The van der Waals surface area contributed by atoms with Crippen LogP contribution in [0.2, 0.25) is 0 Å². The minimum Gasteiger partial charge on any atom is -0.462 e. The van der Waals surface area contributed by atoms with E-state index >= 15 is 0 Å². The molecule has 0 spiro atoms. The summed E-state index contributed by atoms with van der Waals surface area (Å²) in [5.74, 6) is -0.777. The second-order valence-electron chi connectivity index (χ2n) is 29.2. The van der Waals surface area contributed by atoms with Crippen LogP contribution < -0.4 is 0 Å². The summed E-state index contributed by atoms with van der Waals surface area (Å²) in [5.41, 5.74) is 0. The van der Waals surface area contributed by atoms with E-state index in [1.807, 2.05) is 21.1 Å². The van der Waals surface area contributed by atoms with Crippen molar-refractivity contribution in [3.05, 3.63) is 36.5 Å². The molecule has 0 rings (SSSR count). The van der Waals surface area contributed by atoms with Crippen molar-refractivity contribution < 1.29 is 42.1 Å². The van der Waals surface area contributed by atoms with Crippen molar-refractivity contribution in [3.8, 4) is 0 Å². The third-order valence-corrected chi connectivity index (χ3v) is 19.7. The largest absolute Gasteiger partial charge is 0.472 e. The number of phosphoric ester groups is 1. The van der Waals surface area contributed by atoms with Crippen LogP contribution in [-0.4, -0.2) is 74.9 Å². The Kier molecular flexibility index (Phi) is 72.1. The molecule has 0 aromatic carbocycles. The van der Waals surface area contributed by atoms with E-state index in [0.717, 1.165) is 44.9 Å². The molecule has 2 unspecified atom stereocenters. The first-order chi connectivity index (χ1) is 45.0. The van der Waals surface area contributed by atoms with Crippen LogP contribution in [0.4, 0.5) is 0 Å². The summed E-state index contributed by atoms with van der Waals surface area (Å²) in [6.07, 6.45) is 96.0. The maximum Gasteiger partial charge on any atom is 0.472 e. The molecular weight excluding hydrogens is 1160 g/mol. The zero-order valence-electron chi connectivity index (χ0n) is 62.3. The van der Waals surface area contributed by atoms with Gasteiger partial charge in [0.25, 0.3) is 0 Å². The third kappa shape index (κ3) is 77.2. The first-order valence-corrected chi connectivity index (χ1v) is 42.2. The van der Waals surface area contributed by atoms with Crippen molar-refractivity contribution in [1.82, 2.24) is 0 Å². The van der Waals surface area contributed by atoms with Gasteiger partial charge in [0.1, 0.15) is 19.8 Å². The quantitative estimate of drug-likeness (QED) is 0.0211. The number of likely N-dealkylation sites (N-methyl/N-ethyl adjacent to an activating group) is 1. The first-order valence-electron chi connectivity index (χ1n) is 40.7. The number of carbonyl (C=O) groups is 2. The molecule has 0 aliphatic carbocycles. The highest BCUT2D eigenvalue weighted by molar-refractivity contribution is 7.47. The summed E-state index contributed by atoms with van der Waals surface area (Å²) >= 11 is 0. The lowest BCUT2D eigenvalue weighted by Gasteiger charge is -2.24. The normalized spacial score (nSPS) is 13.2. The highest BCUT2D eigenvalue weighted by Gasteiger charge is 2.27. The second-order valence-corrected chi connectivity index (χ2v) is 30.6. The fraction of sp³-hybridized carbons (Fsp3) is 0.902. The Morgan fingerprint density at radius 2 is 0.587 bits per heavy atom. The Balaban J connectivity index is 3.86. The molecule has 0 saturated carbocycles. The van der Waals surface area contributed by atoms with Gasteiger partial charge in [0.05, 0.1) is 27.7 Å². The minimum atomic E-state index is -4.39. The molecule has 0 bridgehead atoms. The highest BCUT2D eigenvalue weighted by Crippen LogP contribution is 2.43. The van der Waals surface area contributed by atoms with Crippen molar-refractivity contribution in [2.75, 3.05) is 47.5 Å². The van der Waals surface area contributed by atoms with E-state index in [1.165, 1.54) is 347 Å². The molecule has 0 amide bonds. The summed E-state index contributed by atoms with van der Waals surface area (Å²) in [6, 6.07) is 0. The van der Waals surface area contributed by atoms with Crippen LogP contribution in [-0.2, 0) is 32.7 Å². The van der Waals surface area contributed by atoms with Crippen molar-refractivity contribution in [1.29, 1.82) is 0 Å². The number of phosphoric acid groups is 1. The van der Waals surface area contributed by atoms with E-state index in [0.29, 0.717) is 23.9 Å². The van der Waals surface area contributed by atoms with Gasteiger partial charge < -0.3 is 18.9 Å². The molecule has 0 aliphatic rings. The Morgan fingerprint density at radius 3 is 0.870 bits per heavy atom. The van der Waals surface area contributed by atoms with Crippen LogP contribution in [0.5, 0.6) is 0 Å². The number of esters is 2. The molecule has 1 N–H and O–H groups in total. The number of ether oxygens (including phenoxy) is 2. The third-order valence-electron chi connectivity index (χ3n) is 18.7. The molecule has 0 aromatic heterocycles. The topological polar surface area (TPSA) is 108 Å². The fourth-order valence-electron chi connectivity index (χ4n) is 12.4. The van der Waals surface area contributed by atoms with Crippen LogP contribution in [0.25, 0.3) is 0 Å². The van der Waals surface area contributed by atoms with Crippen LogP contribution in [0, 0.1) is 0 Å². The maximum atomic E-state index is 12.9. The van der Waals surface area contributed by atoms with Crippen molar-refractivity contribution in [2.24, 2.45) is 0 Å². The predicted molar refractivity (Wildman–Crippen MR) is 400 cm³/mol. The average Bonchev–Trinajstić information content (AvgIpc) is 2.14. The van der Waals surface area contributed by atoms with Crippen molar-refractivity contribution in [2.45, 2.75) is 431 Å². The van der Waals surface area contributed by atoms with Gasteiger partial charge in [-0.3, -0.25) is 18.6 Å². The number of nitrogens with zero attached hydrogens (tertiary/aromatic N) is 1. The number of hydrogen-bond donors (Lipinski definition) is 1. The molecule has 0 radical (unpaired) electrons. The fourth-order valence-corrected chi connectivity index (χ4v) is 13.2. The molecule has 10 heteroatoms. The summed E-state index contributed by atoms with van der Waals surface area (Å²) in [5, 5.41) is 0. The van der Waals surface area contributed by atoms with Crippen molar-refractivity contribution >= 4 is 19.8 Å². The van der Waals surface area contributed by atoms with E-state index in [2.05, 4.69) is 50.3 Å². The molecule has 2 atom stereocenters. The molecule has 0 aromatic rings. The standard InChI is InChI=1S/C82H158NO8P/c1-6-8-10-12-14-16-18-20-22-24-26-28-30-32-34-35-36-37-38-39-40-41-42-43-44-45-46-47-49-50-52-54-56-58-60-62-64-66-68-70-72-74-81(84)88-78-80(79-90-92(86,87)89-77-76-83(3,4)5)91-82(85)75-73-71-69-67-65-63-61-59-57-55-53-51-48-33-31-29-27-25-23-21-19-17-15-13-11-9-7-2/h19,21,25,27,31,33,80H,6-18,20,22-24,26,28-30,32,34-79H2,1-5H3/p+1/b21-19-,27-25-,33-31-. The van der Waals surface area contributed by atoms with Gasteiger partial charge in [-0.05, 0) is 51.4 Å². The van der Waals surface area contributed by atoms with E-state index in [-0.39, 0.29) is 25.6 Å². The SMILES string of the molecule is CCCCCCC/C=C\C/C=C\C/C=C\CCCCCCCCCCCCCCC(=O)OC(COC(=O)CCCCCCCCCCCCCCCCCCCCCCCCCCCCCCCCCCCCCCCCCCC)COP(=O)(O)OCC[N+](C)(C)C. The maximum absolute atomic E-state index is 12.9. The zero-order valence-corrected chi connectivity index (χ0v) is 63.2. The summed E-state index contributed by atoms with van der Waals surface area (Å²) < 4.78 is 34.8. The molecule has 92 heavy (non-hydrogen) atoms. The molecular formula is C82H159NO8P+. The Morgan fingerprint density at radius 1 is 0.337 bits per heavy atom. The van der Waals surface area contributed by atoms with Gasteiger partial charge in [-0.2, -0.15) is 0 Å². The minimum absolute atomic E-state index is 0.0335. The lowest BCUT2D eigenvalue weighted by Crippen LogP contribution is -2.37. The van der Waals surface area contributed by atoms with Gasteiger partial charge in [0.15, 0.2) is 6.10 Å². The Bertz CT molecular complexity index is 1640. The molecule has 9 nitrogen and oxygen atoms in total. The van der Waals surface area contributed by atoms with Gasteiger partial charge in [0, 0.05) is 12.8 Å². The summed E-state index contributed by atoms with van der Waals surface area (Å²) in [6.45, 7) is 4.50. The number of allylic oxidation sites excluding steroid dienone is 6. The lowest BCUT2D eigenvalue weighted by molar-refractivity contribution is -0.870. The van der Waals surface area contributed by atoms with Gasteiger partial charge in [0.2, 0.25) is 0 Å². The Hall–Kier alpha value is -1.77. The van der Waals surface area contributed by atoms with Crippen molar-refractivity contribution in [3.63, 3.8) is 0 Å². The predicted octanol–water partition coefficient (Wildman–Crippen LogP) is 27.0. The van der Waals surface area contributed by atoms with Crippen LogP contribution in [0.15, 0.2) is 36.5 Å². The van der Waals surface area contributed by atoms with Gasteiger partial charge in [-0.15, -0.1) is 0 Å². The average molecular weight is 1320 g/mol. The smallest absolute Gasteiger partial charge is 0.462 e. The molecule has 544 valence electrons. The number of quaternary nitrogens is 1. The summed E-state index contributed by atoms with van der Waals surface area (Å²) in [7, 11) is 1.50. The second kappa shape index (κ2) is 73.5. The molecule has 0 saturated heterocycles. The number of carbonyl (C=O) groups excluding carboxylic acids is 2. The first kappa shape index (κ1) is 90.2. The van der Waals surface area contributed by atoms with Crippen LogP contribution in [0.1, 0.15) is 425 Å².